The molecule has 4 rings (SSSR count). The van der Waals surface area contributed by atoms with Gasteiger partial charge in [-0.05, 0) is 124 Å². The van der Waals surface area contributed by atoms with Gasteiger partial charge in [-0.2, -0.15) is 0 Å². The highest BCUT2D eigenvalue weighted by Gasteiger charge is 2.59. The fourth-order valence-corrected chi connectivity index (χ4v) is 8.77. The maximum atomic E-state index is 10.9. The summed E-state index contributed by atoms with van der Waals surface area (Å²) in [4.78, 5) is 0. The maximum absolute atomic E-state index is 10.9. The highest BCUT2D eigenvalue weighted by Crippen LogP contribution is 2.67. The minimum atomic E-state index is -0.933. The van der Waals surface area contributed by atoms with Crippen LogP contribution in [0.25, 0.3) is 0 Å². The Labute approximate surface area is 195 Å². The van der Waals surface area contributed by atoms with Crippen LogP contribution in [0.4, 0.5) is 0 Å². The van der Waals surface area contributed by atoms with Crippen molar-refractivity contribution in [3.05, 3.63) is 11.6 Å². The minimum absolute atomic E-state index is 0.217. The first kappa shape index (κ1) is 23.7. The lowest BCUT2D eigenvalue weighted by atomic mass is 9.46. The van der Waals surface area contributed by atoms with Crippen LogP contribution in [0.5, 0.6) is 0 Å². The van der Waals surface area contributed by atoms with Gasteiger partial charge in [0.1, 0.15) is 5.60 Å². The van der Waals surface area contributed by atoms with Gasteiger partial charge in [0.2, 0.25) is 0 Å². The van der Waals surface area contributed by atoms with Gasteiger partial charge < -0.3 is 10.2 Å². The van der Waals surface area contributed by atoms with Crippen LogP contribution in [0.3, 0.4) is 0 Å². The molecule has 3 heteroatoms. The molecule has 2 nitrogen and oxygen atoms in total. The van der Waals surface area contributed by atoms with Crippen LogP contribution in [0.15, 0.2) is 11.6 Å². The second-order valence-corrected chi connectivity index (χ2v) is 12.9. The molecule has 174 valence electrons. The van der Waals surface area contributed by atoms with Crippen molar-refractivity contribution in [2.45, 2.75) is 110 Å². The topological polar surface area (TPSA) is 40.5 Å². The standard InChI is InChI=1S/C28H43ClO2/c1-19(10-12-25(2,3)30)22-8-9-23-21-7-6-20-18-28(31,16-17-29)15-14-26(20,4)24(21)11-13-27(22,23)5/h6,19,21-24,30-31H,7-15,18H2,1-5H3/t19?,21?,22-,23?,24?,26+,27-,28-/m1/s1. The van der Waals surface area contributed by atoms with Gasteiger partial charge in [0.25, 0.3) is 0 Å². The third-order valence-corrected chi connectivity index (χ3v) is 10.5. The van der Waals surface area contributed by atoms with E-state index in [0.717, 1.165) is 49.4 Å². The summed E-state index contributed by atoms with van der Waals surface area (Å²) in [6, 6.07) is 0. The average molecular weight is 447 g/mol. The Hall–Kier alpha value is -0.490. The van der Waals surface area contributed by atoms with E-state index >= 15 is 0 Å². The zero-order valence-corrected chi connectivity index (χ0v) is 21.1. The van der Waals surface area contributed by atoms with Crippen molar-refractivity contribution in [2.75, 3.05) is 0 Å². The van der Waals surface area contributed by atoms with Crippen LogP contribution in [0.1, 0.15) is 98.8 Å². The first-order valence-electron chi connectivity index (χ1n) is 12.7. The monoisotopic (exact) mass is 446 g/mol. The normalized spacial score (nSPS) is 45.5. The lowest BCUT2D eigenvalue weighted by molar-refractivity contribution is -0.0650. The molecule has 0 bridgehead atoms. The van der Waals surface area contributed by atoms with E-state index in [0.29, 0.717) is 17.8 Å². The molecule has 4 unspecified atom stereocenters. The number of halogens is 1. The SMILES string of the molecule is CC(CCC(C)(C)O)[C@H]1CCC2C3CC=C4C[C@](O)(C#CCl)CC[C@]4(C)C3CC[C@@]21C. The van der Waals surface area contributed by atoms with Crippen molar-refractivity contribution in [3.63, 3.8) is 0 Å². The summed E-state index contributed by atoms with van der Waals surface area (Å²) >= 11 is 5.65. The van der Waals surface area contributed by atoms with Gasteiger partial charge in [-0.3, -0.25) is 0 Å². The molecule has 0 aliphatic heterocycles. The zero-order valence-electron chi connectivity index (χ0n) is 20.3. The van der Waals surface area contributed by atoms with Gasteiger partial charge in [-0.1, -0.05) is 38.3 Å². The lowest BCUT2D eigenvalue weighted by Gasteiger charge is -2.59. The molecule has 0 amide bonds. The van der Waals surface area contributed by atoms with Crippen LogP contribution in [0.2, 0.25) is 0 Å². The molecular formula is C28H43ClO2. The molecule has 2 N–H and O–H groups in total. The van der Waals surface area contributed by atoms with E-state index in [1.165, 1.54) is 37.7 Å². The Kier molecular flexibility index (Phi) is 6.16. The smallest absolute Gasteiger partial charge is 0.130 e. The predicted octanol–water partition coefficient (Wildman–Crippen LogP) is 6.68. The number of rotatable bonds is 4. The van der Waals surface area contributed by atoms with E-state index in [1.54, 1.807) is 0 Å². The molecule has 3 fully saturated rings. The Morgan fingerprint density at radius 2 is 1.90 bits per heavy atom. The Bertz CT molecular complexity index is 785. The van der Waals surface area contributed by atoms with Gasteiger partial charge in [-0.15, -0.1) is 0 Å². The summed E-state index contributed by atoms with van der Waals surface area (Å²) in [7, 11) is 0. The van der Waals surface area contributed by atoms with Gasteiger partial charge in [-0.25, -0.2) is 0 Å². The van der Waals surface area contributed by atoms with Crippen LogP contribution < -0.4 is 0 Å². The van der Waals surface area contributed by atoms with Gasteiger partial charge in [0, 0.05) is 11.8 Å². The summed E-state index contributed by atoms with van der Waals surface area (Å²) in [5, 5.41) is 23.6. The molecule has 8 atom stereocenters. The van der Waals surface area contributed by atoms with Gasteiger partial charge in [0.15, 0.2) is 0 Å². The van der Waals surface area contributed by atoms with E-state index in [1.807, 2.05) is 13.8 Å². The summed E-state index contributed by atoms with van der Waals surface area (Å²) in [5.74, 6) is 6.69. The summed E-state index contributed by atoms with van der Waals surface area (Å²) in [6.07, 6.45) is 13.5. The fourth-order valence-electron chi connectivity index (χ4n) is 8.60. The molecule has 0 radical (unpaired) electrons. The van der Waals surface area contributed by atoms with Crippen molar-refractivity contribution in [1.29, 1.82) is 0 Å². The van der Waals surface area contributed by atoms with Crippen LogP contribution in [-0.2, 0) is 0 Å². The van der Waals surface area contributed by atoms with E-state index in [2.05, 4.69) is 38.1 Å². The fraction of sp³-hybridized carbons (Fsp3) is 0.857. The number of allylic oxidation sites excluding steroid dienone is 1. The van der Waals surface area contributed by atoms with Crippen LogP contribution in [-0.4, -0.2) is 21.4 Å². The molecule has 0 spiro atoms. The number of hydrogen-bond donors (Lipinski definition) is 2. The molecule has 0 aromatic rings. The Morgan fingerprint density at radius 3 is 2.58 bits per heavy atom. The third-order valence-electron chi connectivity index (χ3n) is 10.4. The second kappa shape index (κ2) is 8.07. The van der Waals surface area contributed by atoms with Gasteiger partial charge >= 0.3 is 0 Å². The molecule has 4 aliphatic carbocycles. The van der Waals surface area contributed by atoms with Crippen molar-refractivity contribution >= 4 is 11.6 Å². The van der Waals surface area contributed by atoms with Crippen molar-refractivity contribution in [1.82, 2.24) is 0 Å². The van der Waals surface area contributed by atoms with Crippen molar-refractivity contribution in [2.24, 2.45) is 40.4 Å². The maximum Gasteiger partial charge on any atom is 0.130 e. The highest BCUT2D eigenvalue weighted by atomic mass is 35.5. The van der Waals surface area contributed by atoms with Gasteiger partial charge in [0.05, 0.1) is 5.60 Å². The largest absolute Gasteiger partial charge is 0.390 e. The molecule has 0 aromatic heterocycles. The Morgan fingerprint density at radius 1 is 1.16 bits per heavy atom. The van der Waals surface area contributed by atoms with E-state index in [-0.39, 0.29) is 5.41 Å². The number of fused-ring (bicyclic) bond motifs is 5. The average Bonchev–Trinajstić information content (AvgIpc) is 3.04. The first-order valence-corrected chi connectivity index (χ1v) is 13.1. The lowest BCUT2D eigenvalue weighted by Crippen LogP contribution is -2.52. The summed E-state index contributed by atoms with van der Waals surface area (Å²) in [6.45, 7) is 11.4. The zero-order chi connectivity index (χ0) is 22.7. The second-order valence-electron chi connectivity index (χ2n) is 12.7. The number of aliphatic hydroxyl groups is 2. The predicted molar refractivity (Wildman–Crippen MR) is 128 cm³/mol. The van der Waals surface area contributed by atoms with Crippen molar-refractivity contribution in [3.8, 4) is 11.3 Å². The molecule has 3 saturated carbocycles. The Balaban J connectivity index is 1.53. The van der Waals surface area contributed by atoms with Crippen molar-refractivity contribution < 1.29 is 10.2 Å². The highest BCUT2D eigenvalue weighted by molar-refractivity contribution is 6.30. The van der Waals surface area contributed by atoms with E-state index in [9.17, 15) is 10.2 Å². The molecule has 31 heavy (non-hydrogen) atoms. The molecule has 0 heterocycles. The molecule has 4 aliphatic rings. The number of hydrogen-bond acceptors (Lipinski definition) is 2. The van der Waals surface area contributed by atoms with Crippen LogP contribution >= 0.6 is 11.6 Å². The minimum Gasteiger partial charge on any atom is -0.390 e. The van der Waals surface area contributed by atoms with E-state index in [4.69, 9.17) is 11.6 Å². The van der Waals surface area contributed by atoms with E-state index < -0.39 is 11.2 Å². The third kappa shape index (κ3) is 4.13. The molecule has 0 saturated heterocycles. The van der Waals surface area contributed by atoms with Crippen LogP contribution in [0, 0.1) is 51.7 Å². The summed E-state index contributed by atoms with van der Waals surface area (Å²) in [5.41, 5.74) is 0.618. The quantitative estimate of drug-likeness (QED) is 0.373. The molecular weight excluding hydrogens is 404 g/mol. The molecule has 0 aromatic carbocycles. The summed E-state index contributed by atoms with van der Waals surface area (Å²) < 4.78 is 0. The first-order chi connectivity index (χ1) is 14.4.